The lowest BCUT2D eigenvalue weighted by molar-refractivity contribution is 0.164. The molecular formula is C25H30ClFN6O2S. The van der Waals surface area contributed by atoms with E-state index >= 15 is 4.39 Å². The number of benzene rings is 1. The average molecular weight is 533 g/mol. The predicted octanol–water partition coefficient (Wildman–Crippen LogP) is 4.31. The van der Waals surface area contributed by atoms with Gasteiger partial charge in [0.2, 0.25) is 0 Å². The van der Waals surface area contributed by atoms with Crippen LogP contribution in [-0.4, -0.2) is 64.1 Å². The van der Waals surface area contributed by atoms with Crippen LogP contribution in [0.15, 0.2) is 24.4 Å². The Morgan fingerprint density at radius 1 is 1.19 bits per heavy atom. The van der Waals surface area contributed by atoms with Gasteiger partial charge in [-0.05, 0) is 74.9 Å². The molecule has 5 rings (SSSR count). The fourth-order valence-electron chi connectivity index (χ4n) is 5.32. The minimum atomic E-state index is -2.89. The van der Waals surface area contributed by atoms with Crippen LogP contribution in [0.25, 0.3) is 0 Å². The van der Waals surface area contributed by atoms with Crippen LogP contribution in [0.2, 0.25) is 5.02 Å². The van der Waals surface area contributed by atoms with Crippen molar-refractivity contribution >= 4 is 33.1 Å². The van der Waals surface area contributed by atoms with Crippen molar-refractivity contribution in [2.45, 2.75) is 51.5 Å². The Labute approximate surface area is 215 Å². The van der Waals surface area contributed by atoms with Gasteiger partial charge in [0.05, 0.1) is 17.7 Å². The van der Waals surface area contributed by atoms with Crippen LogP contribution in [0.1, 0.15) is 53.4 Å². The number of likely N-dealkylation sites (tertiary alicyclic amines) is 1. The summed E-state index contributed by atoms with van der Waals surface area (Å²) in [6.45, 7) is 5.60. The van der Waals surface area contributed by atoms with Gasteiger partial charge in [0.1, 0.15) is 16.7 Å². The number of aromatic nitrogens is 4. The molecule has 2 N–H and O–H groups in total. The molecule has 192 valence electrons. The fourth-order valence-corrected chi connectivity index (χ4v) is 7.22. The molecule has 2 aromatic heterocycles. The molecule has 3 aromatic rings. The molecule has 1 aromatic carbocycles. The molecule has 0 spiro atoms. The van der Waals surface area contributed by atoms with Crippen molar-refractivity contribution in [3.8, 4) is 0 Å². The van der Waals surface area contributed by atoms with Crippen molar-refractivity contribution in [1.82, 2.24) is 25.1 Å². The van der Waals surface area contributed by atoms with E-state index < -0.39 is 9.84 Å². The van der Waals surface area contributed by atoms with Crippen molar-refractivity contribution in [3.63, 3.8) is 0 Å². The van der Waals surface area contributed by atoms with E-state index in [2.05, 4.69) is 30.4 Å². The molecule has 0 radical (unpaired) electrons. The number of hydrogen-bond donors (Lipinski definition) is 2. The Bertz CT molecular complexity index is 1370. The lowest BCUT2D eigenvalue weighted by Gasteiger charge is -2.36. The van der Waals surface area contributed by atoms with E-state index in [0.29, 0.717) is 33.8 Å². The van der Waals surface area contributed by atoms with E-state index in [1.165, 1.54) is 6.20 Å². The summed E-state index contributed by atoms with van der Waals surface area (Å²) in [6, 6.07) is 5.52. The maximum atomic E-state index is 15.2. The molecule has 0 amide bonds. The quantitative estimate of drug-likeness (QED) is 0.487. The number of sulfone groups is 1. The normalized spacial score (nSPS) is 20.6. The second kappa shape index (κ2) is 10.1. The molecule has 2 saturated heterocycles. The minimum Gasteiger partial charge on any atom is -0.322 e. The predicted molar refractivity (Wildman–Crippen MR) is 138 cm³/mol. The Morgan fingerprint density at radius 2 is 1.97 bits per heavy atom. The monoisotopic (exact) mass is 532 g/mol. The molecule has 2 fully saturated rings. The van der Waals surface area contributed by atoms with Crippen LogP contribution < -0.4 is 5.32 Å². The fraction of sp³-hybridized carbons (Fsp3) is 0.480. The first-order valence-corrected chi connectivity index (χ1v) is 14.4. The standard InChI is InChI=1S/C25H30ClFN6O2S/c1-15-9-18(11-23-28-13-21(26)25(29-23)30-24-10-16(2)31-32-24)22(27)12-20(15)17-3-6-33(7-4-17)19-5-8-36(34,35)14-19/h9-10,12-13,17,19H,3-8,11,14H2,1-2H3,(H2,28,29,30,31,32). The second-order valence-electron chi connectivity index (χ2n) is 9.89. The van der Waals surface area contributed by atoms with E-state index in [1.54, 1.807) is 6.07 Å². The summed E-state index contributed by atoms with van der Waals surface area (Å²) >= 11 is 6.25. The lowest BCUT2D eigenvalue weighted by atomic mass is 9.85. The number of nitrogens with zero attached hydrogens (tertiary/aromatic N) is 4. The summed E-state index contributed by atoms with van der Waals surface area (Å²) in [4.78, 5) is 11.1. The van der Waals surface area contributed by atoms with Crippen molar-refractivity contribution in [2.75, 3.05) is 29.9 Å². The number of hydrogen-bond acceptors (Lipinski definition) is 7. The van der Waals surface area contributed by atoms with Crippen molar-refractivity contribution in [1.29, 1.82) is 0 Å². The van der Waals surface area contributed by atoms with E-state index in [0.717, 1.165) is 49.2 Å². The van der Waals surface area contributed by atoms with Gasteiger partial charge in [0.25, 0.3) is 0 Å². The largest absolute Gasteiger partial charge is 0.322 e. The third kappa shape index (κ3) is 5.55. The van der Waals surface area contributed by atoms with Gasteiger partial charge < -0.3 is 5.32 Å². The molecule has 11 heteroatoms. The van der Waals surface area contributed by atoms with Crippen molar-refractivity contribution in [3.05, 3.63) is 63.4 Å². The van der Waals surface area contributed by atoms with E-state index in [4.69, 9.17) is 11.6 Å². The topological polar surface area (TPSA) is 104 Å². The number of aryl methyl sites for hydroxylation is 2. The molecule has 0 bridgehead atoms. The van der Waals surface area contributed by atoms with Crippen molar-refractivity contribution in [2.24, 2.45) is 0 Å². The van der Waals surface area contributed by atoms with Gasteiger partial charge in [-0.1, -0.05) is 17.7 Å². The maximum Gasteiger partial charge on any atom is 0.154 e. The van der Waals surface area contributed by atoms with Gasteiger partial charge >= 0.3 is 0 Å². The first kappa shape index (κ1) is 25.1. The second-order valence-corrected chi connectivity index (χ2v) is 12.5. The highest BCUT2D eigenvalue weighted by Gasteiger charge is 2.34. The first-order valence-electron chi connectivity index (χ1n) is 12.2. The zero-order chi connectivity index (χ0) is 25.4. The lowest BCUT2D eigenvalue weighted by Crippen LogP contribution is -2.41. The zero-order valence-corrected chi connectivity index (χ0v) is 22.0. The third-order valence-electron chi connectivity index (χ3n) is 7.22. The molecule has 8 nitrogen and oxygen atoms in total. The molecule has 1 atom stereocenters. The summed E-state index contributed by atoms with van der Waals surface area (Å²) in [5.74, 6) is 2.03. The zero-order valence-electron chi connectivity index (χ0n) is 20.4. The number of H-pyrrole nitrogens is 1. The Hall–Kier alpha value is -2.56. The molecule has 1 unspecified atom stereocenters. The molecule has 4 heterocycles. The minimum absolute atomic E-state index is 0.131. The average Bonchev–Trinajstić information content (AvgIpc) is 3.42. The van der Waals surface area contributed by atoms with E-state index in [-0.39, 0.29) is 30.0 Å². The molecule has 2 aliphatic rings. The van der Waals surface area contributed by atoms with Gasteiger partial charge in [0.15, 0.2) is 21.5 Å². The molecule has 0 saturated carbocycles. The number of anilines is 2. The molecule has 0 aliphatic carbocycles. The summed E-state index contributed by atoms with van der Waals surface area (Å²) < 4.78 is 38.9. The number of piperidine rings is 1. The molecule has 36 heavy (non-hydrogen) atoms. The number of aromatic amines is 1. The highest BCUT2D eigenvalue weighted by molar-refractivity contribution is 7.91. The van der Waals surface area contributed by atoms with E-state index in [9.17, 15) is 8.42 Å². The molecule has 2 aliphatic heterocycles. The maximum absolute atomic E-state index is 15.2. The SMILES string of the molecule is Cc1cc(Nc2nc(Cc3cc(C)c(C4CCN(C5CCS(=O)(=O)C5)CC4)cc3F)ncc2Cl)n[nH]1. The van der Waals surface area contributed by atoms with Crippen LogP contribution in [0.5, 0.6) is 0 Å². The van der Waals surface area contributed by atoms with E-state index in [1.807, 2.05) is 26.0 Å². The number of rotatable bonds is 6. The number of halogens is 2. The Morgan fingerprint density at radius 3 is 2.64 bits per heavy atom. The summed E-state index contributed by atoms with van der Waals surface area (Å²) in [6.07, 6.45) is 4.28. The van der Waals surface area contributed by atoms with Crippen LogP contribution in [0.4, 0.5) is 16.0 Å². The van der Waals surface area contributed by atoms with Gasteiger partial charge in [-0.15, -0.1) is 0 Å². The highest BCUT2D eigenvalue weighted by atomic mass is 35.5. The summed E-state index contributed by atoms with van der Waals surface area (Å²) in [7, 11) is -2.89. The van der Waals surface area contributed by atoms with Gasteiger partial charge in [-0.25, -0.2) is 22.8 Å². The Balaban J connectivity index is 1.26. The first-order chi connectivity index (χ1) is 17.2. The third-order valence-corrected chi connectivity index (χ3v) is 9.25. The van der Waals surface area contributed by atoms with Crippen molar-refractivity contribution < 1.29 is 12.8 Å². The summed E-state index contributed by atoms with van der Waals surface area (Å²) in [5, 5.41) is 10.4. The van der Waals surface area contributed by atoms with Crippen LogP contribution in [0.3, 0.4) is 0 Å². The Kier molecular flexibility index (Phi) is 7.02. The number of nitrogens with one attached hydrogen (secondary N) is 2. The van der Waals surface area contributed by atoms with Crippen LogP contribution >= 0.6 is 11.6 Å². The van der Waals surface area contributed by atoms with Gasteiger partial charge in [0, 0.05) is 24.2 Å². The van der Waals surface area contributed by atoms with Gasteiger partial charge in [-0.2, -0.15) is 5.10 Å². The van der Waals surface area contributed by atoms with Crippen LogP contribution in [0, 0.1) is 19.7 Å². The molecular weight excluding hydrogens is 503 g/mol. The smallest absolute Gasteiger partial charge is 0.154 e. The van der Waals surface area contributed by atoms with Gasteiger partial charge in [-0.3, -0.25) is 10.00 Å². The summed E-state index contributed by atoms with van der Waals surface area (Å²) in [5.41, 5.74) is 3.52. The van der Waals surface area contributed by atoms with Crippen LogP contribution in [-0.2, 0) is 16.3 Å². The highest BCUT2D eigenvalue weighted by Crippen LogP contribution is 2.34.